The summed E-state index contributed by atoms with van der Waals surface area (Å²) in [4.78, 5) is 14.0. The molecule has 0 aromatic rings. The van der Waals surface area contributed by atoms with Crippen molar-refractivity contribution >= 4 is 6.09 Å². The average Bonchev–Trinajstić information content (AvgIpc) is 2.23. The molecule has 5 nitrogen and oxygen atoms in total. The first kappa shape index (κ1) is 13.6. The van der Waals surface area contributed by atoms with E-state index >= 15 is 0 Å². The van der Waals surface area contributed by atoms with Crippen molar-refractivity contribution in [3.05, 3.63) is 0 Å². The first-order chi connectivity index (χ1) is 8.35. The number of morpholine rings is 1. The number of ether oxygens (including phenoxy) is 2. The highest BCUT2D eigenvalue weighted by Gasteiger charge is 2.46. The van der Waals surface area contributed by atoms with E-state index in [4.69, 9.17) is 15.2 Å². The molecule has 1 unspecified atom stereocenters. The second-order valence-corrected chi connectivity index (χ2v) is 6.35. The monoisotopic (exact) mass is 256 g/mol. The Bertz CT molecular complexity index is 321. The highest BCUT2D eigenvalue weighted by molar-refractivity contribution is 5.69. The second-order valence-electron chi connectivity index (χ2n) is 6.35. The molecule has 2 rings (SSSR count). The highest BCUT2D eigenvalue weighted by Crippen LogP contribution is 2.39. The van der Waals surface area contributed by atoms with Crippen LogP contribution in [0.2, 0.25) is 0 Å². The van der Waals surface area contributed by atoms with Crippen molar-refractivity contribution < 1.29 is 14.3 Å². The Morgan fingerprint density at radius 1 is 1.50 bits per heavy atom. The van der Waals surface area contributed by atoms with Crippen LogP contribution in [0, 0.1) is 0 Å². The first-order valence-corrected chi connectivity index (χ1v) is 6.69. The topological polar surface area (TPSA) is 64.8 Å². The van der Waals surface area contributed by atoms with Crippen LogP contribution in [0.4, 0.5) is 4.79 Å². The lowest BCUT2D eigenvalue weighted by Gasteiger charge is -2.51. The van der Waals surface area contributed by atoms with E-state index in [0.29, 0.717) is 19.7 Å². The molecule has 0 aromatic carbocycles. The summed E-state index contributed by atoms with van der Waals surface area (Å²) in [7, 11) is 0. The smallest absolute Gasteiger partial charge is 0.410 e. The molecule has 1 heterocycles. The molecular formula is C13H24N2O3. The molecule has 104 valence electrons. The highest BCUT2D eigenvalue weighted by atomic mass is 16.6. The fraction of sp³-hybridized carbons (Fsp3) is 0.923. The third kappa shape index (κ3) is 2.78. The maximum atomic E-state index is 12.2. The van der Waals surface area contributed by atoms with E-state index in [0.717, 1.165) is 12.8 Å². The van der Waals surface area contributed by atoms with Gasteiger partial charge < -0.3 is 15.2 Å². The number of hydrogen-bond donors (Lipinski definition) is 1. The van der Waals surface area contributed by atoms with Crippen molar-refractivity contribution in [3.8, 4) is 0 Å². The molecule has 18 heavy (non-hydrogen) atoms. The number of nitrogens with zero attached hydrogens (tertiary/aromatic N) is 1. The van der Waals surface area contributed by atoms with Crippen molar-refractivity contribution in [2.45, 2.75) is 57.3 Å². The number of rotatable bonds is 1. The molecule has 0 bridgehead atoms. The van der Waals surface area contributed by atoms with Gasteiger partial charge in [-0.3, -0.25) is 4.90 Å². The lowest BCUT2D eigenvalue weighted by molar-refractivity contribution is -0.165. The van der Waals surface area contributed by atoms with E-state index in [1.165, 1.54) is 6.42 Å². The summed E-state index contributed by atoms with van der Waals surface area (Å²) in [6, 6.07) is -0.0638. The summed E-state index contributed by atoms with van der Waals surface area (Å²) in [5.41, 5.74) is 5.12. The summed E-state index contributed by atoms with van der Waals surface area (Å²) < 4.78 is 11.3. The molecule has 5 heteroatoms. The van der Waals surface area contributed by atoms with Crippen molar-refractivity contribution in [3.63, 3.8) is 0 Å². The molecule has 1 atom stereocenters. The fourth-order valence-electron chi connectivity index (χ4n) is 2.45. The number of carbonyl (C=O) groups is 1. The van der Waals surface area contributed by atoms with Crippen LogP contribution in [0.15, 0.2) is 0 Å². The summed E-state index contributed by atoms with van der Waals surface area (Å²) >= 11 is 0. The van der Waals surface area contributed by atoms with E-state index in [1.807, 2.05) is 20.8 Å². The molecule has 1 saturated heterocycles. The van der Waals surface area contributed by atoms with Crippen LogP contribution in [-0.2, 0) is 9.47 Å². The van der Waals surface area contributed by atoms with Gasteiger partial charge in [-0.1, -0.05) is 0 Å². The normalized spacial score (nSPS) is 26.9. The van der Waals surface area contributed by atoms with Crippen molar-refractivity contribution in [2.24, 2.45) is 5.73 Å². The van der Waals surface area contributed by atoms with Gasteiger partial charge in [0, 0.05) is 6.54 Å². The van der Waals surface area contributed by atoms with Gasteiger partial charge in [0.15, 0.2) is 0 Å². The Labute approximate surface area is 109 Å². The molecule has 2 N–H and O–H groups in total. The van der Waals surface area contributed by atoms with Crippen molar-refractivity contribution in [1.29, 1.82) is 0 Å². The van der Waals surface area contributed by atoms with Gasteiger partial charge >= 0.3 is 6.09 Å². The Kier molecular flexibility index (Phi) is 3.56. The van der Waals surface area contributed by atoms with Gasteiger partial charge in [0.05, 0.1) is 24.8 Å². The molecule has 1 amide bonds. The Hall–Kier alpha value is -0.810. The minimum absolute atomic E-state index is 0.0638. The number of nitrogens with two attached hydrogens (primary N) is 1. The Balaban J connectivity index is 2.04. The van der Waals surface area contributed by atoms with E-state index in [-0.39, 0.29) is 17.7 Å². The maximum Gasteiger partial charge on any atom is 0.410 e. The third-order valence-electron chi connectivity index (χ3n) is 3.65. The minimum Gasteiger partial charge on any atom is -0.444 e. The summed E-state index contributed by atoms with van der Waals surface area (Å²) in [5.74, 6) is 0. The molecule has 0 radical (unpaired) electrons. The van der Waals surface area contributed by atoms with Crippen LogP contribution in [0.3, 0.4) is 0 Å². The van der Waals surface area contributed by atoms with Crippen molar-refractivity contribution in [2.75, 3.05) is 19.7 Å². The largest absolute Gasteiger partial charge is 0.444 e. The van der Waals surface area contributed by atoms with Crippen molar-refractivity contribution in [1.82, 2.24) is 4.90 Å². The number of amides is 1. The molecular weight excluding hydrogens is 232 g/mol. The quantitative estimate of drug-likeness (QED) is 0.772. The Morgan fingerprint density at radius 3 is 2.61 bits per heavy atom. The van der Waals surface area contributed by atoms with Gasteiger partial charge in [-0.25, -0.2) is 4.79 Å². The average molecular weight is 256 g/mol. The lowest BCUT2D eigenvalue weighted by atomic mass is 9.78. The molecule has 1 spiro atoms. The van der Waals surface area contributed by atoms with Crippen LogP contribution in [-0.4, -0.2) is 47.9 Å². The predicted molar refractivity (Wildman–Crippen MR) is 68.3 cm³/mol. The second kappa shape index (κ2) is 4.70. The lowest BCUT2D eigenvalue weighted by Crippen LogP contribution is -2.63. The van der Waals surface area contributed by atoms with Gasteiger partial charge in [0.1, 0.15) is 5.60 Å². The molecule has 1 aliphatic heterocycles. The minimum atomic E-state index is -0.471. The molecule has 0 aromatic heterocycles. The van der Waals surface area contributed by atoms with Gasteiger partial charge in [0.2, 0.25) is 0 Å². The summed E-state index contributed by atoms with van der Waals surface area (Å²) in [6.45, 7) is 7.18. The SMILES string of the molecule is CC(C)(C)OC(=O)N1CC2(CCC2)OCC1CN. The zero-order chi connectivity index (χ0) is 13.4. The van der Waals surface area contributed by atoms with Gasteiger partial charge in [-0.15, -0.1) is 0 Å². The van der Waals surface area contributed by atoms with Crippen LogP contribution >= 0.6 is 0 Å². The standard InChI is InChI=1S/C13H24N2O3/c1-12(2,3)18-11(16)15-9-13(5-4-6-13)17-8-10(15)7-14/h10H,4-9,14H2,1-3H3. The van der Waals surface area contributed by atoms with Gasteiger partial charge in [-0.2, -0.15) is 0 Å². The van der Waals surface area contributed by atoms with Crippen LogP contribution in [0.5, 0.6) is 0 Å². The van der Waals surface area contributed by atoms with Crippen LogP contribution < -0.4 is 5.73 Å². The van der Waals surface area contributed by atoms with E-state index < -0.39 is 5.60 Å². The first-order valence-electron chi connectivity index (χ1n) is 6.69. The molecule has 1 aliphatic carbocycles. The zero-order valence-corrected chi connectivity index (χ0v) is 11.6. The van der Waals surface area contributed by atoms with Crippen LogP contribution in [0.25, 0.3) is 0 Å². The predicted octanol–water partition coefficient (Wildman–Crippen LogP) is 1.50. The molecule has 2 aliphatic rings. The Morgan fingerprint density at radius 2 is 2.17 bits per heavy atom. The molecule has 2 fully saturated rings. The number of carbonyl (C=O) groups excluding carboxylic acids is 1. The van der Waals surface area contributed by atoms with E-state index in [2.05, 4.69) is 0 Å². The van der Waals surface area contributed by atoms with Gasteiger partial charge in [-0.05, 0) is 40.0 Å². The van der Waals surface area contributed by atoms with E-state index in [9.17, 15) is 4.79 Å². The number of hydrogen-bond acceptors (Lipinski definition) is 4. The van der Waals surface area contributed by atoms with Crippen LogP contribution in [0.1, 0.15) is 40.0 Å². The third-order valence-corrected chi connectivity index (χ3v) is 3.65. The fourth-order valence-corrected chi connectivity index (χ4v) is 2.45. The van der Waals surface area contributed by atoms with E-state index in [1.54, 1.807) is 4.90 Å². The molecule has 1 saturated carbocycles. The van der Waals surface area contributed by atoms with Gasteiger partial charge in [0.25, 0.3) is 0 Å². The zero-order valence-electron chi connectivity index (χ0n) is 11.6. The maximum absolute atomic E-state index is 12.2. The summed E-state index contributed by atoms with van der Waals surface area (Å²) in [6.07, 6.45) is 2.97. The summed E-state index contributed by atoms with van der Waals surface area (Å²) in [5, 5.41) is 0.